The van der Waals surface area contributed by atoms with Gasteiger partial charge in [-0.25, -0.2) is 0 Å². The monoisotopic (exact) mass is 204 g/mol. The molecular formula is C9H20N2OS. The Balaban J connectivity index is 1.96. The van der Waals surface area contributed by atoms with E-state index in [1.165, 1.54) is 25.9 Å². The first-order valence-electron chi connectivity index (χ1n) is 5.10. The summed E-state index contributed by atoms with van der Waals surface area (Å²) in [6, 6.07) is 0. The van der Waals surface area contributed by atoms with Crippen LogP contribution < -0.4 is 5.73 Å². The molecule has 1 unspecified atom stereocenters. The summed E-state index contributed by atoms with van der Waals surface area (Å²) in [7, 11) is -0.672. The molecule has 1 fully saturated rings. The van der Waals surface area contributed by atoms with Gasteiger partial charge in [-0.2, -0.15) is 0 Å². The smallest absolute Gasteiger partial charge is 0.0357 e. The zero-order valence-corrected chi connectivity index (χ0v) is 9.02. The Kier molecular flexibility index (Phi) is 5.58. The Bertz CT molecular complexity index is 158. The molecule has 2 N–H and O–H groups in total. The number of nitrogens with zero attached hydrogens (tertiary/aromatic N) is 1. The minimum atomic E-state index is -0.672. The molecule has 0 aromatic heterocycles. The van der Waals surface area contributed by atoms with E-state index >= 15 is 0 Å². The van der Waals surface area contributed by atoms with E-state index in [1.807, 2.05) is 0 Å². The van der Waals surface area contributed by atoms with E-state index in [0.717, 1.165) is 18.7 Å². The van der Waals surface area contributed by atoms with Crippen molar-refractivity contribution >= 4 is 10.8 Å². The van der Waals surface area contributed by atoms with Crippen LogP contribution in [0.1, 0.15) is 19.3 Å². The second kappa shape index (κ2) is 6.51. The van der Waals surface area contributed by atoms with E-state index in [4.69, 9.17) is 5.73 Å². The third kappa shape index (κ3) is 4.74. The average Bonchev–Trinajstić information content (AvgIpc) is 2.57. The predicted octanol–water partition coefficient (Wildman–Crippen LogP) is 0.180. The molecule has 0 aliphatic carbocycles. The summed E-state index contributed by atoms with van der Waals surface area (Å²) in [5, 5.41) is 0. The summed E-state index contributed by atoms with van der Waals surface area (Å²) in [6.07, 6.45) is 3.74. The Morgan fingerprint density at radius 2 is 1.92 bits per heavy atom. The molecule has 0 radical (unpaired) electrons. The largest absolute Gasteiger partial charge is 0.330 e. The van der Waals surface area contributed by atoms with Gasteiger partial charge in [-0.1, -0.05) is 0 Å². The van der Waals surface area contributed by atoms with Gasteiger partial charge in [0.1, 0.15) is 0 Å². The van der Waals surface area contributed by atoms with Crippen LogP contribution in [0.15, 0.2) is 0 Å². The maximum absolute atomic E-state index is 11.2. The maximum atomic E-state index is 11.2. The zero-order valence-electron chi connectivity index (χ0n) is 8.21. The minimum absolute atomic E-state index is 0.552. The van der Waals surface area contributed by atoms with Gasteiger partial charge in [-0.3, -0.25) is 4.21 Å². The van der Waals surface area contributed by atoms with Crippen LogP contribution in [0.25, 0.3) is 0 Å². The molecule has 1 aliphatic heterocycles. The first kappa shape index (κ1) is 11.1. The van der Waals surface area contributed by atoms with Crippen LogP contribution in [-0.2, 0) is 10.8 Å². The van der Waals surface area contributed by atoms with Crippen LogP contribution in [-0.4, -0.2) is 46.8 Å². The van der Waals surface area contributed by atoms with Crippen molar-refractivity contribution in [3.8, 4) is 0 Å². The van der Waals surface area contributed by atoms with Gasteiger partial charge in [0.15, 0.2) is 0 Å². The molecule has 1 saturated heterocycles. The minimum Gasteiger partial charge on any atom is -0.330 e. The number of hydrogen-bond acceptors (Lipinski definition) is 3. The van der Waals surface area contributed by atoms with Crippen LogP contribution in [0.4, 0.5) is 0 Å². The fourth-order valence-electron chi connectivity index (χ4n) is 1.69. The highest BCUT2D eigenvalue weighted by Gasteiger charge is 2.10. The number of rotatable bonds is 6. The summed E-state index contributed by atoms with van der Waals surface area (Å²) in [4.78, 5) is 2.46. The molecule has 13 heavy (non-hydrogen) atoms. The lowest BCUT2D eigenvalue weighted by Gasteiger charge is -2.13. The Morgan fingerprint density at radius 3 is 2.54 bits per heavy atom. The molecule has 0 bridgehead atoms. The average molecular weight is 204 g/mol. The fraction of sp³-hybridized carbons (Fsp3) is 1.00. The lowest BCUT2D eigenvalue weighted by atomic mass is 10.4. The van der Waals surface area contributed by atoms with Crippen LogP contribution in [0.2, 0.25) is 0 Å². The Hall–Kier alpha value is 0.0700. The van der Waals surface area contributed by atoms with Gasteiger partial charge in [-0.15, -0.1) is 0 Å². The molecule has 0 spiro atoms. The van der Waals surface area contributed by atoms with Gasteiger partial charge in [0, 0.05) is 28.9 Å². The van der Waals surface area contributed by atoms with Crippen molar-refractivity contribution in [2.45, 2.75) is 19.3 Å². The van der Waals surface area contributed by atoms with E-state index in [-0.39, 0.29) is 0 Å². The predicted molar refractivity (Wildman–Crippen MR) is 57.2 cm³/mol. The van der Waals surface area contributed by atoms with Gasteiger partial charge < -0.3 is 10.6 Å². The first-order valence-corrected chi connectivity index (χ1v) is 6.59. The van der Waals surface area contributed by atoms with Gasteiger partial charge in [-0.05, 0) is 38.9 Å². The summed E-state index contributed by atoms with van der Waals surface area (Å²) in [6.45, 7) is 4.15. The van der Waals surface area contributed by atoms with E-state index in [0.29, 0.717) is 12.3 Å². The molecule has 1 aliphatic rings. The summed E-state index contributed by atoms with van der Waals surface area (Å²) in [5.41, 5.74) is 5.32. The maximum Gasteiger partial charge on any atom is 0.0357 e. The van der Waals surface area contributed by atoms with E-state index in [2.05, 4.69) is 4.90 Å². The van der Waals surface area contributed by atoms with E-state index in [9.17, 15) is 4.21 Å². The highest BCUT2D eigenvalue weighted by molar-refractivity contribution is 7.84. The second-order valence-electron chi connectivity index (χ2n) is 3.54. The van der Waals surface area contributed by atoms with Gasteiger partial charge in [0.2, 0.25) is 0 Å². The van der Waals surface area contributed by atoms with Gasteiger partial charge in [0.25, 0.3) is 0 Å². The molecule has 1 rings (SSSR count). The molecule has 1 heterocycles. The van der Waals surface area contributed by atoms with Crippen molar-refractivity contribution in [2.75, 3.05) is 37.7 Å². The normalized spacial score (nSPS) is 20.7. The molecular weight excluding hydrogens is 184 g/mol. The van der Waals surface area contributed by atoms with Crippen LogP contribution in [0, 0.1) is 0 Å². The highest BCUT2D eigenvalue weighted by Crippen LogP contribution is 2.07. The lowest BCUT2D eigenvalue weighted by Crippen LogP contribution is -2.22. The summed E-state index contributed by atoms with van der Waals surface area (Å²) < 4.78 is 11.2. The summed E-state index contributed by atoms with van der Waals surface area (Å²) >= 11 is 0. The lowest BCUT2D eigenvalue weighted by molar-refractivity contribution is 0.340. The Morgan fingerprint density at radius 1 is 1.23 bits per heavy atom. The van der Waals surface area contributed by atoms with E-state index in [1.54, 1.807) is 0 Å². The molecule has 0 saturated carbocycles. The quantitative estimate of drug-likeness (QED) is 0.671. The molecule has 0 aromatic rings. The molecule has 4 heteroatoms. The SMILES string of the molecule is NCCS(=O)CCCN1CCCC1. The Labute approximate surface area is 83.1 Å². The van der Waals surface area contributed by atoms with Crippen molar-refractivity contribution in [3.05, 3.63) is 0 Å². The number of hydrogen-bond donors (Lipinski definition) is 1. The molecule has 0 amide bonds. The molecule has 78 valence electrons. The standard InChI is InChI=1S/C9H20N2OS/c10-4-9-13(12)8-3-7-11-5-1-2-6-11/h1-10H2. The number of nitrogens with two attached hydrogens (primary N) is 1. The van der Waals surface area contributed by atoms with Crippen molar-refractivity contribution in [2.24, 2.45) is 5.73 Å². The molecule has 3 nitrogen and oxygen atoms in total. The topological polar surface area (TPSA) is 46.3 Å². The number of likely N-dealkylation sites (tertiary alicyclic amines) is 1. The molecule has 0 aromatic carbocycles. The van der Waals surface area contributed by atoms with Crippen molar-refractivity contribution in [3.63, 3.8) is 0 Å². The summed E-state index contributed by atoms with van der Waals surface area (Å²) in [5.74, 6) is 1.49. The third-order valence-electron chi connectivity index (χ3n) is 2.39. The van der Waals surface area contributed by atoms with E-state index < -0.39 is 10.8 Å². The first-order chi connectivity index (χ1) is 6.33. The van der Waals surface area contributed by atoms with Gasteiger partial charge in [0.05, 0.1) is 0 Å². The van der Waals surface area contributed by atoms with Crippen LogP contribution in [0.3, 0.4) is 0 Å². The van der Waals surface area contributed by atoms with Gasteiger partial charge >= 0.3 is 0 Å². The van der Waals surface area contributed by atoms with Crippen molar-refractivity contribution in [1.82, 2.24) is 4.90 Å². The van der Waals surface area contributed by atoms with Crippen LogP contribution in [0.5, 0.6) is 0 Å². The molecule has 1 atom stereocenters. The zero-order chi connectivity index (χ0) is 9.52. The van der Waals surface area contributed by atoms with Crippen LogP contribution >= 0.6 is 0 Å². The second-order valence-corrected chi connectivity index (χ2v) is 5.24. The highest BCUT2D eigenvalue weighted by atomic mass is 32.2. The fourth-order valence-corrected chi connectivity index (χ4v) is 2.61. The van der Waals surface area contributed by atoms with Crippen molar-refractivity contribution < 1.29 is 4.21 Å². The van der Waals surface area contributed by atoms with Crippen molar-refractivity contribution in [1.29, 1.82) is 0 Å². The third-order valence-corrected chi connectivity index (χ3v) is 3.83.